The molecule has 1 aliphatic heterocycles. The van der Waals surface area contributed by atoms with Crippen molar-refractivity contribution in [2.75, 3.05) is 19.6 Å². The minimum absolute atomic E-state index is 0.133. The fraction of sp³-hybridized carbons (Fsp3) is 0.733. The number of amides is 1. The lowest BCUT2D eigenvalue weighted by molar-refractivity contribution is -0.121. The van der Waals surface area contributed by atoms with Crippen LogP contribution in [0.3, 0.4) is 0 Å². The summed E-state index contributed by atoms with van der Waals surface area (Å²) in [6.45, 7) is 3.75. The first-order valence-corrected chi connectivity index (χ1v) is 7.71. The van der Waals surface area contributed by atoms with Gasteiger partial charge in [-0.1, -0.05) is 19.3 Å². The van der Waals surface area contributed by atoms with Gasteiger partial charge in [0.2, 0.25) is 5.91 Å². The molecule has 5 nitrogen and oxygen atoms in total. The van der Waals surface area contributed by atoms with Gasteiger partial charge in [0.05, 0.1) is 12.2 Å². The molecule has 0 bridgehead atoms. The lowest BCUT2D eigenvalue weighted by Gasteiger charge is -2.24. The van der Waals surface area contributed by atoms with Crippen LogP contribution in [0, 0.1) is 0 Å². The van der Waals surface area contributed by atoms with E-state index < -0.39 is 0 Å². The highest BCUT2D eigenvalue weighted by Gasteiger charge is 2.10. The molecule has 0 radical (unpaired) electrons. The Bertz CT molecular complexity index is 408. The third-order valence-corrected chi connectivity index (χ3v) is 3.99. The second kappa shape index (κ2) is 8.04. The summed E-state index contributed by atoms with van der Waals surface area (Å²) < 4.78 is 1.79. The van der Waals surface area contributed by atoms with Gasteiger partial charge in [-0.2, -0.15) is 5.10 Å². The fourth-order valence-corrected chi connectivity index (χ4v) is 2.65. The van der Waals surface area contributed by atoms with E-state index in [4.69, 9.17) is 0 Å². The largest absolute Gasteiger partial charge is 0.350 e. The van der Waals surface area contributed by atoms with Crippen molar-refractivity contribution in [2.24, 2.45) is 7.05 Å². The number of hydrogen-bond donors (Lipinski definition) is 1. The van der Waals surface area contributed by atoms with Crippen LogP contribution in [0.25, 0.3) is 0 Å². The molecule has 0 saturated carbocycles. The first-order chi connectivity index (χ1) is 9.75. The number of hydrogen-bond acceptors (Lipinski definition) is 3. The van der Waals surface area contributed by atoms with E-state index in [1.54, 1.807) is 10.9 Å². The first kappa shape index (κ1) is 15.0. The second-order valence-corrected chi connectivity index (χ2v) is 5.58. The normalized spacial score (nSPS) is 17.4. The van der Waals surface area contributed by atoms with Gasteiger partial charge in [0.25, 0.3) is 0 Å². The molecule has 1 amide bonds. The van der Waals surface area contributed by atoms with Crippen molar-refractivity contribution in [3.8, 4) is 0 Å². The monoisotopic (exact) mass is 278 g/mol. The molecular formula is C15H26N4O. The molecule has 1 aliphatic rings. The Labute approximate surface area is 121 Å². The molecule has 1 saturated heterocycles. The average molecular weight is 278 g/mol. The van der Waals surface area contributed by atoms with Crippen LogP contribution in [0.5, 0.6) is 0 Å². The molecular weight excluding hydrogens is 252 g/mol. The topological polar surface area (TPSA) is 50.2 Å². The number of nitrogens with one attached hydrogen (secondary N) is 1. The van der Waals surface area contributed by atoms with Crippen LogP contribution < -0.4 is 5.32 Å². The molecule has 1 aromatic heterocycles. The first-order valence-electron chi connectivity index (χ1n) is 7.71. The summed E-state index contributed by atoms with van der Waals surface area (Å²) >= 11 is 0. The molecule has 0 spiro atoms. The van der Waals surface area contributed by atoms with Crippen LogP contribution in [0.4, 0.5) is 0 Å². The summed E-state index contributed by atoms with van der Waals surface area (Å²) in [4.78, 5) is 14.3. The lowest BCUT2D eigenvalue weighted by Crippen LogP contribution is -2.33. The van der Waals surface area contributed by atoms with E-state index in [0.29, 0.717) is 13.0 Å². The molecule has 0 aromatic carbocycles. The van der Waals surface area contributed by atoms with Gasteiger partial charge in [-0.25, -0.2) is 0 Å². The Morgan fingerprint density at radius 1 is 1.25 bits per heavy atom. The highest BCUT2D eigenvalue weighted by atomic mass is 16.1. The predicted octanol–water partition coefficient (Wildman–Crippen LogP) is 1.69. The molecule has 0 aliphatic carbocycles. The summed E-state index contributed by atoms with van der Waals surface area (Å²) in [7, 11) is 1.89. The third kappa shape index (κ3) is 4.96. The van der Waals surface area contributed by atoms with Crippen LogP contribution in [-0.2, 0) is 18.4 Å². The maximum Gasteiger partial charge on any atom is 0.221 e. The average Bonchev–Trinajstić information content (AvgIpc) is 2.80. The minimum Gasteiger partial charge on any atom is -0.350 e. The maximum absolute atomic E-state index is 11.9. The summed E-state index contributed by atoms with van der Waals surface area (Å²) in [5.74, 6) is 0.133. The van der Waals surface area contributed by atoms with Gasteiger partial charge in [0, 0.05) is 26.2 Å². The summed E-state index contributed by atoms with van der Waals surface area (Å²) in [5, 5.41) is 7.06. The summed E-state index contributed by atoms with van der Waals surface area (Å²) in [6, 6.07) is 1.93. The molecule has 0 unspecified atom stereocenters. The van der Waals surface area contributed by atoms with Crippen LogP contribution >= 0.6 is 0 Å². The van der Waals surface area contributed by atoms with Gasteiger partial charge in [0.1, 0.15) is 0 Å². The zero-order valence-electron chi connectivity index (χ0n) is 12.5. The number of nitrogens with zero attached hydrogens (tertiary/aromatic N) is 3. The van der Waals surface area contributed by atoms with E-state index >= 15 is 0 Å². The highest BCUT2D eigenvalue weighted by Crippen LogP contribution is 2.10. The summed E-state index contributed by atoms with van der Waals surface area (Å²) in [6.07, 6.45) is 8.94. The van der Waals surface area contributed by atoms with Gasteiger partial charge >= 0.3 is 0 Å². The van der Waals surface area contributed by atoms with E-state index in [0.717, 1.165) is 25.3 Å². The molecule has 112 valence electrons. The van der Waals surface area contributed by atoms with Gasteiger partial charge in [0.15, 0.2) is 0 Å². The molecule has 2 rings (SSSR count). The second-order valence-electron chi connectivity index (χ2n) is 5.58. The van der Waals surface area contributed by atoms with Crippen molar-refractivity contribution in [3.05, 3.63) is 18.0 Å². The predicted molar refractivity (Wildman–Crippen MR) is 79.2 cm³/mol. The van der Waals surface area contributed by atoms with Crippen molar-refractivity contribution < 1.29 is 4.79 Å². The van der Waals surface area contributed by atoms with Gasteiger partial charge in [-0.3, -0.25) is 9.48 Å². The Hall–Kier alpha value is -1.36. The number of rotatable bonds is 5. The number of carbonyl (C=O) groups excluding carboxylic acids is 1. The standard InChI is InChI=1S/C15H26N4O/c1-18-14(7-9-17-18)13-16-15(20)8-12-19-10-5-3-2-4-6-11-19/h7,9H,2-6,8,10-13H2,1H3,(H,16,20). The Balaban J connectivity index is 1.65. The van der Waals surface area contributed by atoms with Crippen LogP contribution in [-0.4, -0.2) is 40.2 Å². The molecule has 1 aromatic rings. The van der Waals surface area contributed by atoms with Crippen molar-refractivity contribution in [3.63, 3.8) is 0 Å². The van der Waals surface area contributed by atoms with Gasteiger partial charge in [-0.15, -0.1) is 0 Å². The smallest absolute Gasteiger partial charge is 0.221 e. The number of aromatic nitrogens is 2. The van der Waals surface area contributed by atoms with E-state index in [2.05, 4.69) is 15.3 Å². The van der Waals surface area contributed by atoms with Crippen molar-refractivity contribution in [2.45, 2.75) is 45.1 Å². The molecule has 2 heterocycles. The highest BCUT2D eigenvalue weighted by molar-refractivity contribution is 5.75. The fourth-order valence-electron chi connectivity index (χ4n) is 2.65. The zero-order valence-corrected chi connectivity index (χ0v) is 12.5. The quantitative estimate of drug-likeness (QED) is 0.892. The zero-order chi connectivity index (χ0) is 14.2. The number of likely N-dealkylation sites (tertiary alicyclic amines) is 1. The molecule has 0 atom stereocenters. The lowest BCUT2D eigenvalue weighted by atomic mass is 10.1. The molecule has 1 fully saturated rings. The number of aryl methyl sites for hydroxylation is 1. The van der Waals surface area contributed by atoms with Gasteiger partial charge in [-0.05, 0) is 32.0 Å². The van der Waals surface area contributed by atoms with Crippen LogP contribution in [0.2, 0.25) is 0 Å². The molecule has 5 heteroatoms. The van der Waals surface area contributed by atoms with E-state index in [1.165, 1.54) is 32.1 Å². The SMILES string of the molecule is Cn1nccc1CNC(=O)CCN1CCCCCCC1. The van der Waals surface area contributed by atoms with Crippen molar-refractivity contribution in [1.82, 2.24) is 20.0 Å². The van der Waals surface area contributed by atoms with Crippen molar-refractivity contribution >= 4 is 5.91 Å². The van der Waals surface area contributed by atoms with Crippen LogP contribution in [0.1, 0.15) is 44.2 Å². The van der Waals surface area contributed by atoms with Crippen molar-refractivity contribution in [1.29, 1.82) is 0 Å². The Kier molecular flexibility index (Phi) is 6.05. The third-order valence-electron chi connectivity index (χ3n) is 3.99. The maximum atomic E-state index is 11.9. The van der Waals surface area contributed by atoms with E-state index in [9.17, 15) is 4.79 Å². The van der Waals surface area contributed by atoms with Gasteiger partial charge < -0.3 is 10.2 Å². The van der Waals surface area contributed by atoms with E-state index in [1.807, 2.05) is 13.1 Å². The Morgan fingerprint density at radius 3 is 2.60 bits per heavy atom. The number of carbonyl (C=O) groups is 1. The summed E-state index contributed by atoms with van der Waals surface area (Å²) in [5.41, 5.74) is 1.03. The van der Waals surface area contributed by atoms with E-state index in [-0.39, 0.29) is 5.91 Å². The molecule has 20 heavy (non-hydrogen) atoms. The van der Waals surface area contributed by atoms with Crippen LogP contribution in [0.15, 0.2) is 12.3 Å². The minimum atomic E-state index is 0.133. The Morgan fingerprint density at radius 2 is 1.95 bits per heavy atom. The molecule has 1 N–H and O–H groups in total.